The van der Waals surface area contributed by atoms with Crippen molar-refractivity contribution in [2.45, 2.75) is 6.92 Å². The van der Waals surface area contributed by atoms with E-state index in [-0.39, 0.29) is 11.8 Å². The molecular weight excluding hydrogens is 276 g/mol. The highest BCUT2D eigenvalue weighted by molar-refractivity contribution is 7.00. The zero-order valence-electron chi connectivity index (χ0n) is 11.1. The van der Waals surface area contributed by atoms with Crippen LogP contribution in [0.25, 0.3) is 11.0 Å². The van der Waals surface area contributed by atoms with Crippen molar-refractivity contribution in [3.8, 4) is 0 Å². The van der Waals surface area contributed by atoms with Crippen LogP contribution in [0.2, 0.25) is 0 Å². The summed E-state index contributed by atoms with van der Waals surface area (Å²) in [6, 6.07) is 5.37. The van der Waals surface area contributed by atoms with E-state index < -0.39 is 0 Å². The Bertz CT molecular complexity index is 661. The van der Waals surface area contributed by atoms with Crippen molar-refractivity contribution in [1.29, 1.82) is 0 Å². The Morgan fingerprint density at radius 2 is 1.70 bits per heavy atom. The number of fused-ring (bicyclic) bond motifs is 1. The fourth-order valence-electron chi connectivity index (χ4n) is 2.32. The number of piperazine rings is 1. The molecule has 0 saturated carbocycles. The summed E-state index contributed by atoms with van der Waals surface area (Å²) >= 11 is 1.14. The zero-order valence-corrected chi connectivity index (χ0v) is 11.9. The fourth-order valence-corrected chi connectivity index (χ4v) is 2.84. The molecule has 6 nitrogen and oxygen atoms in total. The Kier molecular flexibility index (Phi) is 3.35. The van der Waals surface area contributed by atoms with Crippen LogP contribution in [-0.2, 0) is 4.79 Å². The first-order valence-corrected chi connectivity index (χ1v) is 7.15. The number of hydrogen-bond donors (Lipinski definition) is 0. The van der Waals surface area contributed by atoms with Gasteiger partial charge in [-0.05, 0) is 18.2 Å². The molecule has 1 aromatic heterocycles. The largest absolute Gasteiger partial charge is 0.339 e. The Balaban J connectivity index is 1.74. The maximum absolute atomic E-state index is 12.4. The molecule has 1 aliphatic rings. The van der Waals surface area contributed by atoms with Gasteiger partial charge < -0.3 is 9.80 Å². The van der Waals surface area contributed by atoms with E-state index in [1.807, 2.05) is 6.07 Å². The number of nitrogens with zero attached hydrogens (tertiary/aromatic N) is 4. The summed E-state index contributed by atoms with van der Waals surface area (Å²) in [6.45, 7) is 3.90. The van der Waals surface area contributed by atoms with E-state index in [1.54, 1.807) is 28.9 Å². The van der Waals surface area contributed by atoms with Crippen LogP contribution in [0, 0.1) is 0 Å². The second-order valence-corrected chi connectivity index (χ2v) is 5.29. The van der Waals surface area contributed by atoms with Gasteiger partial charge in [0.05, 0.1) is 11.7 Å². The molecular formula is C13H14N4O2S. The molecule has 2 heterocycles. The molecule has 0 spiro atoms. The molecule has 104 valence electrons. The summed E-state index contributed by atoms with van der Waals surface area (Å²) in [7, 11) is 0. The van der Waals surface area contributed by atoms with Crippen LogP contribution in [0.5, 0.6) is 0 Å². The number of carbonyl (C=O) groups is 2. The van der Waals surface area contributed by atoms with Crippen molar-refractivity contribution >= 4 is 34.6 Å². The van der Waals surface area contributed by atoms with Crippen molar-refractivity contribution in [1.82, 2.24) is 18.5 Å². The normalized spacial score (nSPS) is 15.7. The quantitative estimate of drug-likeness (QED) is 0.785. The average molecular weight is 290 g/mol. The highest BCUT2D eigenvalue weighted by Gasteiger charge is 2.23. The first kappa shape index (κ1) is 13.0. The Morgan fingerprint density at radius 1 is 1.05 bits per heavy atom. The number of aromatic nitrogens is 2. The third-order valence-corrected chi connectivity index (χ3v) is 4.07. The van der Waals surface area contributed by atoms with Gasteiger partial charge in [-0.1, -0.05) is 0 Å². The molecule has 7 heteroatoms. The van der Waals surface area contributed by atoms with Crippen LogP contribution >= 0.6 is 11.7 Å². The first-order valence-electron chi connectivity index (χ1n) is 6.42. The zero-order chi connectivity index (χ0) is 14.1. The predicted octanol–water partition coefficient (Wildman–Crippen LogP) is 0.996. The van der Waals surface area contributed by atoms with Crippen molar-refractivity contribution < 1.29 is 9.59 Å². The molecule has 0 radical (unpaired) electrons. The van der Waals surface area contributed by atoms with Gasteiger partial charge in [-0.3, -0.25) is 9.59 Å². The summed E-state index contributed by atoms with van der Waals surface area (Å²) in [5.41, 5.74) is 2.19. The van der Waals surface area contributed by atoms with Crippen molar-refractivity contribution in [2.24, 2.45) is 0 Å². The van der Waals surface area contributed by atoms with Gasteiger partial charge in [0.25, 0.3) is 5.91 Å². The molecule has 2 aromatic rings. The molecule has 0 aliphatic carbocycles. The highest BCUT2D eigenvalue weighted by Crippen LogP contribution is 2.16. The van der Waals surface area contributed by atoms with Gasteiger partial charge in [0, 0.05) is 38.7 Å². The molecule has 1 saturated heterocycles. The van der Waals surface area contributed by atoms with Crippen molar-refractivity contribution in [3.63, 3.8) is 0 Å². The molecule has 2 amide bonds. The van der Waals surface area contributed by atoms with Crippen LogP contribution < -0.4 is 0 Å². The molecule has 0 bridgehead atoms. The minimum Gasteiger partial charge on any atom is -0.339 e. The van der Waals surface area contributed by atoms with Crippen LogP contribution in [0.4, 0.5) is 0 Å². The third kappa shape index (κ3) is 2.36. The van der Waals surface area contributed by atoms with Gasteiger partial charge in [-0.25, -0.2) is 0 Å². The minimum absolute atomic E-state index is 0.0110. The lowest BCUT2D eigenvalue weighted by Crippen LogP contribution is -2.50. The Hall–Kier alpha value is -2.02. The predicted molar refractivity (Wildman–Crippen MR) is 75.6 cm³/mol. The van der Waals surface area contributed by atoms with Crippen molar-refractivity contribution in [2.75, 3.05) is 26.2 Å². The lowest BCUT2D eigenvalue weighted by atomic mass is 10.1. The molecule has 3 rings (SSSR count). The van der Waals surface area contributed by atoms with Gasteiger partial charge in [0.1, 0.15) is 11.0 Å². The first-order chi connectivity index (χ1) is 9.65. The molecule has 0 unspecified atom stereocenters. The summed E-state index contributed by atoms with van der Waals surface area (Å²) in [5.74, 6) is 0.0511. The number of carbonyl (C=O) groups excluding carboxylic acids is 2. The third-order valence-electron chi connectivity index (χ3n) is 3.51. The standard InChI is InChI=1S/C13H14N4O2S/c1-9(18)16-4-6-17(7-5-16)13(19)10-2-3-11-12(8-10)15-20-14-11/h2-3,8H,4-7H2,1H3. The summed E-state index contributed by atoms with van der Waals surface area (Å²) in [4.78, 5) is 27.2. The van der Waals surface area contributed by atoms with Crippen LogP contribution in [0.1, 0.15) is 17.3 Å². The fraction of sp³-hybridized carbons (Fsp3) is 0.385. The van der Waals surface area contributed by atoms with Crippen LogP contribution in [-0.4, -0.2) is 56.5 Å². The second-order valence-electron chi connectivity index (χ2n) is 4.77. The number of rotatable bonds is 1. The van der Waals surface area contributed by atoms with Crippen LogP contribution in [0.3, 0.4) is 0 Å². The highest BCUT2D eigenvalue weighted by atomic mass is 32.1. The summed E-state index contributed by atoms with van der Waals surface area (Å²) in [6.07, 6.45) is 0. The maximum Gasteiger partial charge on any atom is 0.254 e. The van der Waals surface area contributed by atoms with Crippen LogP contribution in [0.15, 0.2) is 18.2 Å². The van der Waals surface area contributed by atoms with Gasteiger partial charge >= 0.3 is 0 Å². The van der Waals surface area contributed by atoms with Gasteiger partial charge in [-0.15, -0.1) is 0 Å². The maximum atomic E-state index is 12.4. The molecule has 0 atom stereocenters. The van der Waals surface area contributed by atoms with Gasteiger partial charge in [0.2, 0.25) is 5.91 Å². The monoisotopic (exact) mass is 290 g/mol. The number of amides is 2. The summed E-state index contributed by atoms with van der Waals surface area (Å²) in [5, 5.41) is 0. The SMILES string of the molecule is CC(=O)N1CCN(C(=O)c2ccc3nsnc3c2)CC1. The van der Waals surface area contributed by atoms with E-state index in [0.717, 1.165) is 22.8 Å². The smallest absolute Gasteiger partial charge is 0.254 e. The lowest BCUT2D eigenvalue weighted by molar-refractivity contribution is -0.130. The molecule has 1 fully saturated rings. The van der Waals surface area contributed by atoms with Gasteiger partial charge in [-0.2, -0.15) is 8.75 Å². The Morgan fingerprint density at radius 3 is 2.40 bits per heavy atom. The van der Waals surface area contributed by atoms with E-state index in [4.69, 9.17) is 0 Å². The van der Waals surface area contributed by atoms with E-state index in [0.29, 0.717) is 31.7 Å². The van der Waals surface area contributed by atoms with Gasteiger partial charge in [0.15, 0.2) is 0 Å². The average Bonchev–Trinajstić information content (AvgIpc) is 2.94. The number of benzene rings is 1. The summed E-state index contributed by atoms with van der Waals surface area (Å²) < 4.78 is 8.27. The molecule has 1 aromatic carbocycles. The second kappa shape index (κ2) is 5.16. The molecule has 1 aliphatic heterocycles. The van der Waals surface area contributed by atoms with E-state index in [2.05, 4.69) is 8.75 Å². The Labute approximate surface area is 120 Å². The number of hydrogen-bond acceptors (Lipinski definition) is 5. The minimum atomic E-state index is -0.0110. The topological polar surface area (TPSA) is 66.4 Å². The molecule has 0 N–H and O–H groups in total. The van der Waals surface area contributed by atoms with E-state index in [9.17, 15) is 9.59 Å². The lowest BCUT2D eigenvalue weighted by Gasteiger charge is -2.34. The molecule has 20 heavy (non-hydrogen) atoms. The van der Waals surface area contributed by atoms with E-state index in [1.165, 1.54) is 0 Å². The van der Waals surface area contributed by atoms with Crippen molar-refractivity contribution in [3.05, 3.63) is 23.8 Å². The van der Waals surface area contributed by atoms with E-state index >= 15 is 0 Å².